The second-order valence-electron chi connectivity index (χ2n) is 14.5. The van der Waals surface area contributed by atoms with E-state index in [1.54, 1.807) is 25.3 Å². The van der Waals surface area contributed by atoms with Crippen molar-refractivity contribution in [2.45, 2.75) is 87.9 Å². The molecular weight excluding hydrogens is 440 g/mol. The van der Waals surface area contributed by atoms with E-state index in [-0.39, 0.29) is 0 Å². The minimum atomic E-state index is 0.410. The van der Waals surface area contributed by atoms with E-state index >= 15 is 0 Å². The van der Waals surface area contributed by atoms with Gasteiger partial charge in [-0.3, -0.25) is 0 Å². The average molecular weight is 483 g/mol. The third-order valence-corrected chi connectivity index (χ3v) is 12.7. The van der Waals surface area contributed by atoms with Crippen molar-refractivity contribution in [2.24, 2.45) is 34.5 Å². The highest BCUT2D eigenvalue weighted by Gasteiger charge is 2.70. The van der Waals surface area contributed by atoms with Crippen LogP contribution in [0.15, 0.2) is 48.5 Å². The summed E-state index contributed by atoms with van der Waals surface area (Å²) in [4.78, 5) is 0. The van der Waals surface area contributed by atoms with Gasteiger partial charge in [-0.25, -0.2) is 0 Å². The van der Waals surface area contributed by atoms with Crippen molar-refractivity contribution < 1.29 is 9.47 Å². The zero-order valence-corrected chi connectivity index (χ0v) is 22.2. The zero-order valence-electron chi connectivity index (χ0n) is 22.2. The number of methoxy groups -OCH3 is 2. The highest BCUT2D eigenvalue weighted by atomic mass is 16.5. The quantitative estimate of drug-likeness (QED) is 0.429. The van der Waals surface area contributed by atoms with Crippen molar-refractivity contribution in [1.29, 1.82) is 0 Å². The fraction of sp³-hybridized carbons (Fsp3) is 0.647. The van der Waals surface area contributed by atoms with Crippen molar-refractivity contribution in [3.63, 3.8) is 0 Å². The molecule has 0 N–H and O–H groups in total. The summed E-state index contributed by atoms with van der Waals surface area (Å²) in [6.07, 6.45) is 17.8. The van der Waals surface area contributed by atoms with Crippen molar-refractivity contribution >= 4 is 0 Å². The standard InChI is InChI=1S/C34H42O2/c1-35-29-7-3-27(4-8-29)31-13-23-11-24(14-31)18-33(17-23,21-31)34-19-25-12-26(20-34)16-32(15-25,22-34)28-5-9-30(36-2)10-6-28/h3-10,23-26H,11-22H2,1-2H3/t23-,24+,25-,26+,31?,32?,33?,34?. The van der Waals surface area contributed by atoms with Gasteiger partial charge in [0.05, 0.1) is 14.2 Å². The van der Waals surface area contributed by atoms with Crippen LogP contribution >= 0.6 is 0 Å². The first-order chi connectivity index (χ1) is 17.5. The third-order valence-electron chi connectivity index (χ3n) is 12.7. The van der Waals surface area contributed by atoms with Crippen LogP contribution in [0.4, 0.5) is 0 Å². The number of rotatable bonds is 5. The monoisotopic (exact) mass is 482 g/mol. The van der Waals surface area contributed by atoms with Crippen LogP contribution in [0.3, 0.4) is 0 Å². The van der Waals surface area contributed by atoms with E-state index in [0.29, 0.717) is 21.7 Å². The molecule has 2 aromatic carbocycles. The lowest BCUT2D eigenvalue weighted by Gasteiger charge is -2.74. The van der Waals surface area contributed by atoms with Crippen molar-refractivity contribution in [1.82, 2.24) is 0 Å². The van der Waals surface area contributed by atoms with Gasteiger partial charge < -0.3 is 9.47 Å². The Labute approximate surface area is 217 Å². The van der Waals surface area contributed by atoms with Crippen LogP contribution < -0.4 is 9.47 Å². The average Bonchev–Trinajstić information content (AvgIpc) is 2.87. The predicted octanol–water partition coefficient (Wildman–Crippen LogP) is 8.08. The molecule has 8 aliphatic rings. The molecular formula is C34H42O2. The first kappa shape index (κ1) is 22.1. The highest BCUT2D eigenvalue weighted by Crippen LogP contribution is 2.78. The molecule has 8 fully saturated rings. The van der Waals surface area contributed by atoms with Crippen LogP contribution in [-0.4, -0.2) is 14.2 Å². The maximum atomic E-state index is 5.53. The van der Waals surface area contributed by atoms with Crippen LogP contribution in [0.25, 0.3) is 0 Å². The normalized spacial score (nSPS) is 45.7. The maximum Gasteiger partial charge on any atom is 0.118 e. The van der Waals surface area contributed by atoms with Gasteiger partial charge in [-0.2, -0.15) is 0 Å². The third kappa shape index (κ3) is 2.91. The van der Waals surface area contributed by atoms with Gasteiger partial charge in [-0.1, -0.05) is 24.3 Å². The smallest absolute Gasteiger partial charge is 0.118 e. The van der Waals surface area contributed by atoms with E-state index in [1.807, 2.05) is 0 Å². The fourth-order valence-electron chi connectivity index (χ4n) is 12.3. The van der Waals surface area contributed by atoms with E-state index in [9.17, 15) is 0 Å². The summed E-state index contributed by atoms with van der Waals surface area (Å²) in [5, 5.41) is 0. The second-order valence-corrected chi connectivity index (χ2v) is 14.5. The first-order valence-electron chi connectivity index (χ1n) is 14.8. The first-order valence-corrected chi connectivity index (χ1v) is 14.8. The van der Waals surface area contributed by atoms with Crippen LogP contribution in [0.2, 0.25) is 0 Å². The Kier molecular flexibility index (Phi) is 4.49. The van der Waals surface area contributed by atoms with Gasteiger partial charge in [-0.15, -0.1) is 0 Å². The Hall–Kier alpha value is -1.96. The Morgan fingerprint density at radius 1 is 0.500 bits per heavy atom. The van der Waals surface area contributed by atoms with Gasteiger partial charge in [-0.05, 0) is 158 Å². The van der Waals surface area contributed by atoms with Crippen LogP contribution in [0.5, 0.6) is 11.5 Å². The van der Waals surface area contributed by atoms with Gasteiger partial charge in [0.15, 0.2) is 0 Å². The van der Waals surface area contributed by atoms with E-state index in [2.05, 4.69) is 48.5 Å². The zero-order chi connectivity index (χ0) is 24.2. The van der Waals surface area contributed by atoms with Gasteiger partial charge >= 0.3 is 0 Å². The minimum Gasteiger partial charge on any atom is -0.497 e. The molecule has 0 saturated heterocycles. The Bertz CT molecular complexity index is 1040. The van der Waals surface area contributed by atoms with Crippen molar-refractivity contribution in [2.75, 3.05) is 14.2 Å². The van der Waals surface area contributed by atoms with Gasteiger partial charge in [0, 0.05) is 0 Å². The van der Waals surface area contributed by atoms with Gasteiger partial charge in [0.2, 0.25) is 0 Å². The predicted molar refractivity (Wildman–Crippen MR) is 144 cm³/mol. The fourth-order valence-corrected chi connectivity index (χ4v) is 12.3. The number of ether oxygens (including phenoxy) is 2. The molecule has 0 amide bonds. The summed E-state index contributed by atoms with van der Waals surface area (Å²) in [5.41, 5.74) is 5.19. The molecule has 0 radical (unpaired) electrons. The molecule has 190 valence electrons. The number of benzene rings is 2. The number of hydrogen-bond donors (Lipinski definition) is 0. The van der Waals surface area contributed by atoms with Crippen molar-refractivity contribution in [3.8, 4) is 11.5 Å². The Morgan fingerprint density at radius 3 is 1.14 bits per heavy atom. The molecule has 36 heavy (non-hydrogen) atoms. The maximum absolute atomic E-state index is 5.53. The largest absolute Gasteiger partial charge is 0.497 e. The second kappa shape index (κ2) is 7.33. The lowest BCUT2D eigenvalue weighted by molar-refractivity contribution is -0.212. The van der Waals surface area contributed by atoms with E-state index in [1.165, 1.54) is 77.0 Å². The molecule has 2 aromatic rings. The SMILES string of the molecule is COc1ccc(C23C[C@H]4C[C@@H](C2)CC(C25C[C@@H]6C[C@@H](CC(c7ccc(OC)cc7)(C6)C2)C5)(C4)C3)cc1. The highest BCUT2D eigenvalue weighted by molar-refractivity contribution is 5.39. The molecule has 0 spiro atoms. The molecule has 10 rings (SSSR count). The summed E-state index contributed by atoms with van der Waals surface area (Å²) in [6, 6.07) is 18.6. The van der Waals surface area contributed by atoms with Crippen LogP contribution in [-0.2, 0) is 10.8 Å². The Morgan fingerprint density at radius 2 is 0.833 bits per heavy atom. The van der Waals surface area contributed by atoms with E-state index < -0.39 is 0 Å². The lowest BCUT2D eigenvalue weighted by Crippen LogP contribution is -2.66. The lowest BCUT2D eigenvalue weighted by atomic mass is 9.30. The Balaban J connectivity index is 1.20. The van der Waals surface area contributed by atoms with Gasteiger partial charge in [0.25, 0.3) is 0 Å². The number of hydrogen-bond acceptors (Lipinski definition) is 2. The molecule has 0 heterocycles. The van der Waals surface area contributed by atoms with E-state index in [0.717, 1.165) is 35.2 Å². The molecule has 2 heteroatoms. The minimum absolute atomic E-state index is 0.410. The molecule has 8 atom stereocenters. The van der Waals surface area contributed by atoms with Gasteiger partial charge in [0.1, 0.15) is 11.5 Å². The topological polar surface area (TPSA) is 18.5 Å². The van der Waals surface area contributed by atoms with E-state index in [4.69, 9.17) is 9.47 Å². The summed E-state index contributed by atoms with van der Waals surface area (Å²) in [7, 11) is 3.58. The molecule has 2 nitrogen and oxygen atoms in total. The molecule has 4 unspecified atom stereocenters. The molecule has 8 bridgehead atoms. The van der Waals surface area contributed by atoms with Crippen LogP contribution in [0.1, 0.15) is 88.2 Å². The molecule has 0 aromatic heterocycles. The summed E-state index contributed by atoms with van der Waals surface area (Å²) in [6.45, 7) is 0. The molecule has 8 saturated carbocycles. The molecule has 0 aliphatic heterocycles. The summed E-state index contributed by atoms with van der Waals surface area (Å²) >= 11 is 0. The van der Waals surface area contributed by atoms with Crippen LogP contribution in [0, 0.1) is 34.5 Å². The summed E-state index contributed by atoms with van der Waals surface area (Å²) < 4.78 is 11.1. The van der Waals surface area contributed by atoms with Crippen molar-refractivity contribution in [3.05, 3.63) is 59.7 Å². The summed E-state index contributed by atoms with van der Waals surface area (Å²) in [5.74, 6) is 5.77. The molecule has 8 aliphatic carbocycles.